The molecule has 0 fully saturated rings. The molecule has 0 unspecified atom stereocenters. The van der Waals surface area contributed by atoms with Crippen LogP contribution < -0.4 is 5.32 Å². The summed E-state index contributed by atoms with van der Waals surface area (Å²) in [5.41, 5.74) is 3.82. The van der Waals surface area contributed by atoms with Gasteiger partial charge in [0.15, 0.2) is 5.16 Å². The Labute approximate surface area is 161 Å². The molecule has 0 aliphatic rings. The molecule has 4 rings (SSSR count). The van der Waals surface area contributed by atoms with Crippen LogP contribution in [0.1, 0.15) is 6.92 Å². The largest absolute Gasteiger partial charge is 0.325 e. The number of hydrogen-bond donors (Lipinski definition) is 1. The average molecular weight is 377 g/mol. The number of thioether (sulfide) groups is 1. The van der Waals surface area contributed by atoms with Gasteiger partial charge in [-0.05, 0) is 43.3 Å². The topological polar surface area (TPSA) is 64.7 Å². The van der Waals surface area contributed by atoms with Crippen LogP contribution in [-0.4, -0.2) is 30.8 Å². The first-order chi connectivity index (χ1) is 13.2. The zero-order valence-corrected chi connectivity index (χ0v) is 15.7. The molecule has 0 bridgehead atoms. The van der Waals surface area contributed by atoms with Gasteiger partial charge in [-0.3, -0.25) is 4.79 Å². The summed E-state index contributed by atoms with van der Waals surface area (Å²) in [6, 6.07) is 15.7. The lowest BCUT2D eigenvalue weighted by molar-refractivity contribution is -0.113. The highest BCUT2D eigenvalue weighted by Gasteiger charge is 2.12. The number of rotatable bonds is 6. The third-order valence-electron chi connectivity index (χ3n) is 4.22. The Morgan fingerprint density at radius 1 is 1.15 bits per heavy atom. The maximum atomic E-state index is 12.3. The minimum Gasteiger partial charge on any atom is -0.325 e. The summed E-state index contributed by atoms with van der Waals surface area (Å²) in [5.74, 6) is 0.261. The van der Waals surface area contributed by atoms with Gasteiger partial charge < -0.3 is 14.5 Å². The number of anilines is 1. The maximum Gasteiger partial charge on any atom is 0.234 e. The number of nitrogens with one attached hydrogen (secondary N) is 1. The second-order valence-corrected chi connectivity index (χ2v) is 6.92. The van der Waals surface area contributed by atoms with E-state index in [0.717, 1.165) is 34.1 Å². The number of imidazole rings is 2. The number of amides is 1. The Balaban J connectivity index is 1.40. The van der Waals surface area contributed by atoms with Gasteiger partial charge in [0.25, 0.3) is 0 Å². The van der Waals surface area contributed by atoms with Crippen molar-refractivity contribution in [3.63, 3.8) is 0 Å². The number of aryl methyl sites for hydroxylation is 1. The number of para-hydroxylation sites is 2. The van der Waals surface area contributed by atoms with E-state index in [-0.39, 0.29) is 5.91 Å². The molecule has 2 aromatic carbocycles. The van der Waals surface area contributed by atoms with E-state index < -0.39 is 0 Å². The van der Waals surface area contributed by atoms with Gasteiger partial charge in [-0.1, -0.05) is 23.9 Å². The molecule has 1 N–H and O–H groups in total. The molecule has 0 saturated carbocycles. The van der Waals surface area contributed by atoms with Crippen molar-refractivity contribution in [2.45, 2.75) is 18.6 Å². The summed E-state index contributed by atoms with van der Waals surface area (Å²) in [4.78, 5) is 21.0. The number of fused-ring (bicyclic) bond motifs is 1. The fourth-order valence-electron chi connectivity index (χ4n) is 2.93. The molecule has 0 aliphatic carbocycles. The van der Waals surface area contributed by atoms with Crippen molar-refractivity contribution in [1.29, 1.82) is 0 Å². The maximum absolute atomic E-state index is 12.3. The Morgan fingerprint density at radius 2 is 1.96 bits per heavy atom. The first-order valence-corrected chi connectivity index (χ1v) is 9.69. The van der Waals surface area contributed by atoms with E-state index in [1.165, 1.54) is 11.8 Å². The third kappa shape index (κ3) is 3.73. The molecule has 0 saturated heterocycles. The van der Waals surface area contributed by atoms with Crippen LogP contribution in [0, 0.1) is 0 Å². The Morgan fingerprint density at radius 3 is 2.70 bits per heavy atom. The minimum atomic E-state index is -0.0508. The Bertz CT molecular complexity index is 1050. The van der Waals surface area contributed by atoms with Gasteiger partial charge in [0.1, 0.15) is 0 Å². The summed E-state index contributed by atoms with van der Waals surface area (Å²) in [6.45, 7) is 2.90. The molecule has 6 nitrogen and oxygen atoms in total. The quantitative estimate of drug-likeness (QED) is 0.516. The molecule has 4 aromatic rings. The molecule has 0 spiro atoms. The number of aromatic nitrogens is 4. The fourth-order valence-corrected chi connectivity index (χ4v) is 3.80. The SMILES string of the molecule is CCn1c(SCC(=O)Nc2ccc(-n3ccnc3)cc2)nc2ccccc21. The second-order valence-electron chi connectivity index (χ2n) is 5.98. The zero-order valence-electron chi connectivity index (χ0n) is 14.9. The summed E-state index contributed by atoms with van der Waals surface area (Å²) in [7, 11) is 0. The van der Waals surface area contributed by atoms with Gasteiger partial charge in [0.2, 0.25) is 5.91 Å². The lowest BCUT2D eigenvalue weighted by Crippen LogP contribution is -2.14. The highest BCUT2D eigenvalue weighted by atomic mass is 32.2. The molecule has 0 radical (unpaired) electrons. The molecule has 2 heterocycles. The van der Waals surface area contributed by atoms with Crippen molar-refractivity contribution in [2.24, 2.45) is 0 Å². The molecule has 0 aliphatic heterocycles. The number of hydrogen-bond acceptors (Lipinski definition) is 4. The average Bonchev–Trinajstić information content (AvgIpc) is 3.34. The Hall–Kier alpha value is -3.06. The van der Waals surface area contributed by atoms with E-state index in [0.29, 0.717) is 5.75 Å². The number of benzene rings is 2. The summed E-state index contributed by atoms with van der Waals surface area (Å²) >= 11 is 1.45. The van der Waals surface area contributed by atoms with Crippen LogP contribution in [0.3, 0.4) is 0 Å². The highest BCUT2D eigenvalue weighted by Crippen LogP contribution is 2.24. The normalized spacial score (nSPS) is 11.0. The van der Waals surface area contributed by atoms with Crippen molar-refractivity contribution in [3.8, 4) is 5.69 Å². The van der Waals surface area contributed by atoms with Crippen LogP contribution in [0.5, 0.6) is 0 Å². The molecular formula is C20H19N5OS. The van der Waals surface area contributed by atoms with Crippen LogP contribution in [0.2, 0.25) is 0 Å². The van der Waals surface area contributed by atoms with Crippen LogP contribution in [-0.2, 0) is 11.3 Å². The van der Waals surface area contributed by atoms with Crippen LogP contribution >= 0.6 is 11.8 Å². The summed E-state index contributed by atoms with van der Waals surface area (Å²) in [6.07, 6.45) is 5.35. The first-order valence-electron chi connectivity index (χ1n) is 8.71. The number of carbonyl (C=O) groups excluding carboxylic acids is 1. The van der Waals surface area contributed by atoms with Crippen molar-refractivity contribution in [3.05, 3.63) is 67.3 Å². The Kier molecular flexibility index (Phi) is 4.93. The predicted molar refractivity (Wildman–Crippen MR) is 108 cm³/mol. The third-order valence-corrected chi connectivity index (χ3v) is 5.20. The van der Waals surface area contributed by atoms with E-state index in [1.807, 2.05) is 53.2 Å². The zero-order chi connectivity index (χ0) is 18.6. The molecular weight excluding hydrogens is 358 g/mol. The summed E-state index contributed by atoms with van der Waals surface area (Å²) in [5, 5.41) is 3.80. The van der Waals surface area contributed by atoms with Crippen LogP contribution in [0.4, 0.5) is 5.69 Å². The molecule has 0 atom stereocenters. The van der Waals surface area contributed by atoms with E-state index in [2.05, 4.69) is 32.8 Å². The first kappa shape index (κ1) is 17.4. The number of carbonyl (C=O) groups is 1. The number of nitrogens with zero attached hydrogens (tertiary/aromatic N) is 4. The van der Waals surface area contributed by atoms with Gasteiger partial charge in [-0.2, -0.15) is 0 Å². The van der Waals surface area contributed by atoms with Gasteiger partial charge >= 0.3 is 0 Å². The van der Waals surface area contributed by atoms with E-state index in [9.17, 15) is 4.79 Å². The van der Waals surface area contributed by atoms with Crippen LogP contribution in [0.25, 0.3) is 16.7 Å². The van der Waals surface area contributed by atoms with Crippen molar-refractivity contribution in [2.75, 3.05) is 11.1 Å². The highest BCUT2D eigenvalue weighted by molar-refractivity contribution is 7.99. The molecule has 27 heavy (non-hydrogen) atoms. The smallest absolute Gasteiger partial charge is 0.234 e. The van der Waals surface area contributed by atoms with Gasteiger partial charge in [-0.15, -0.1) is 0 Å². The van der Waals surface area contributed by atoms with Gasteiger partial charge in [0, 0.05) is 30.3 Å². The second kappa shape index (κ2) is 7.67. The van der Waals surface area contributed by atoms with Crippen molar-refractivity contribution < 1.29 is 4.79 Å². The van der Waals surface area contributed by atoms with E-state index in [4.69, 9.17) is 0 Å². The monoisotopic (exact) mass is 377 g/mol. The molecule has 136 valence electrons. The van der Waals surface area contributed by atoms with Crippen LogP contribution in [0.15, 0.2) is 72.4 Å². The molecule has 7 heteroatoms. The lowest BCUT2D eigenvalue weighted by Gasteiger charge is -2.08. The predicted octanol–water partition coefficient (Wildman–Crippen LogP) is 3.97. The van der Waals surface area contributed by atoms with Crippen molar-refractivity contribution in [1.82, 2.24) is 19.1 Å². The van der Waals surface area contributed by atoms with Gasteiger partial charge in [0.05, 0.1) is 23.1 Å². The van der Waals surface area contributed by atoms with Crippen molar-refractivity contribution >= 4 is 34.4 Å². The molecule has 1 amide bonds. The lowest BCUT2D eigenvalue weighted by atomic mass is 10.3. The van der Waals surface area contributed by atoms with E-state index in [1.54, 1.807) is 12.5 Å². The van der Waals surface area contributed by atoms with E-state index >= 15 is 0 Å². The molecule has 2 aromatic heterocycles. The summed E-state index contributed by atoms with van der Waals surface area (Å²) < 4.78 is 4.05. The fraction of sp³-hybridized carbons (Fsp3) is 0.150. The standard InChI is InChI=1S/C20H19N5OS/c1-2-25-18-6-4-3-5-17(18)23-20(25)27-13-19(26)22-15-7-9-16(10-8-15)24-12-11-21-14-24/h3-12,14H,2,13H2,1H3,(H,22,26). The minimum absolute atomic E-state index is 0.0508. The van der Waals surface area contributed by atoms with Gasteiger partial charge in [-0.25, -0.2) is 9.97 Å².